The fraction of sp³-hybridized carbons (Fsp3) is 0.500. The first-order valence-electron chi connectivity index (χ1n) is 5.37. The Morgan fingerprint density at radius 3 is 2.87 bits per heavy atom. The molecule has 0 aromatic heterocycles. The Bertz CT molecular complexity index is 359. The molecular formula is C12H15ClFN. The van der Waals surface area contributed by atoms with Crippen molar-refractivity contribution in [2.45, 2.75) is 32.2 Å². The highest BCUT2D eigenvalue weighted by atomic mass is 35.5. The summed E-state index contributed by atoms with van der Waals surface area (Å²) in [6, 6.07) is 3.58. The van der Waals surface area contributed by atoms with Gasteiger partial charge in [0.15, 0.2) is 0 Å². The van der Waals surface area contributed by atoms with Gasteiger partial charge in [-0.3, -0.25) is 0 Å². The lowest BCUT2D eigenvalue weighted by molar-refractivity contribution is 0.409. The molecule has 1 N–H and O–H groups in total. The summed E-state index contributed by atoms with van der Waals surface area (Å²) in [5.41, 5.74) is 2.12. The van der Waals surface area contributed by atoms with Crippen molar-refractivity contribution in [3.8, 4) is 0 Å². The van der Waals surface area contributed by atoms with E-state index >= 15 is 0 Å². The van der Waals surface area contributed by atoms with Crippen LogP contribution in [0.3, 0.4) is 0 Å². The lowest BCUT2D eigenvalue weighted by Gasteiger charge is -2.25. The summed E-state index contributed by atoms with van der Waals surface area (Å²) in [6.07, 6.45) is 3.51. The second-order valence-electron chi connectivity index (χ2n) is 4.13. The number of hydrogen-bond acceptors (Lipinski definition) is 1. The van der Waals surface area contributed by atoms with E-state index in [9.17, 15) is 4.39 Å². The summed E-state index contributed by atoms with van der Waals surface area (Å²) >= 11 is 5.73. The summed E-state index contributed by atoms with van der Waals surface area (Å²) in [5.74, 6) is -0.315. The van der Waals surface area contributed by atoms with Crippen molar-refractivity contribution in [1.29, 1.82) is 0 Å². The second kappa shape index (κ2) is 4.50. The molecule has 1 saturated heterocycles. The monoisotopic (exact) mass is 227 g/mol. The van der Waals surface area contributed by atoms with E-state index in [1.54, 1.807) is 12.1 Å². The predicted octanol–water partition coefficient (Wildman–Crippen LogP) is 3.60. The fourth-order valence-electron chi connectivity index (χ4n) is 2.15. The van der Waals surface area contributed by atoms with Gasteiger partial charge in [0.25, 0.3) is 0 Å². The van der Waals surface area contributed by atoms with Crippen LogP contribution < -0.4 is 5.32 Å². The summed E-state index contributed by atoms with van der Waals surface area (Å²) in [4.78, 5) is 0. The number of rotatable bonds is 1. The normalized spacial score (nSPS) is 21.7. The van der Waals surface area contributed by atoms with Gasteiger partial charge in [-0.1, -0.05) is 18.0 Å². The zero-order valence-electron chi connectivity index (χ0n) is 8.82. The molecule has 1 heterocycles. The van der Waals surface area contributed by atoms with E-state index in [1.807, 2.05) is 6.92 Å². The van der Waals surface area contributed by atoms with E-state index in [2.05, 4.69) is 5.32 Å². The lowest BCUT2D eigenvalue weighted by atomic mass is 9.94. The first kappa shape index (κ1) is 10.9. The quantitative estimate of drug-likeness (QED) is 0.773. The van der Waals surface area contributed by atoms with Crippen LogP contribution in [0.4, 0.5) is 4.39 Å². The van der Waals surface area contributed by atoms with Crippen LogP contribution in [0, 0.1) is 12.7 Å². The fourth-order valence-corrected chi connectivity index (χ4v) is 2.37. The molecule has 1 aromatic carbocycles. The van der Waals surface area contributed by atoms with Gasteiger partial charge >= 0.3 is 0 Å². The van der Waals surface area contributed by atoms with Crippen LogP contribution in [0.1, 0.15) is 36.4 Å². The van der Waals surface area contributed by atoms with Gasteiger partial charge in [-0.2, -0.15) is 0 Å². The number of halogens is 2. The Labute approximate surface area is 94.6 Å². The average Bonchev–Trinajstić information content (AvgIpc) is 2.25. The number of hydrogen-bond donors (Lipinski definition) is 1. The summed E-state index contributed by atoms with van der Waals surface area (Å²) in [6.45, 7) is 3.01. The minimum Gasteiger partial charge on any atom is -0.310 e. The molecule has 3 heteroatoms. The van der Waals surface area contributed by atoms with E-state index in [0.717, 1.165) is 24.1 Å². The molecule has 0 spiro atoms. The van der Waals surface area contributed by atoms with Crippen molar-refractivity contribution in [2.24, 2.45) is 0 Å². The summed E-state index contributed by atoms with van der Waals surface area (Å²) in [7, 11) is 0. The molecule has 0 amide bonds. The number of benzene rings is 1. The number of piperidine rings is 1. The third-order valence-electron chi connectivity index (χ3n) is 2.99. The molecule has 1 aromatic rings. The van der Waals surface area contributed by atoms with Crippen molar-refractivity contribution in [2.75, 3.05) is 6.54 Å². The highest BCUT2D eigenvalue weighted by molar-refractivity contribution is 6.30. The lowest BCUT2D eigenvalue weighted by Crippen LogP contribution is -2.27. The molecule has 1 fully saturated rings. The van der Waals surface area contributed by atoms with Crippen LogP contribution in [0.15, 0.2) is 12.1 Å². The van der Waals surface area contributed by atoms with Gasteiger partial charge in [-0.05, 0) is 49.6 Å². The Hall–Kier alpha value is -0.600. The van der Waals surface area contributed by atoms with Crippen LogP contribution in [0.2, 0.25) is 5.02 Å². The van der Waals surface area contributed by atoms with Crippen LogP contribution in [-0.2, 0) is 0 Å². The number of aryl methyl sites for hydroxylation is 1. The largest absolute Gasteiger partial charge is 0.310 e. The highest BCUT2D eigenvalue weighted by Gasteiger charge is 2.18. The Morgan fingerprint density at radius 1 is 1.40 bits per heavy atom. The zero-order chi connectivity index (χ0) is 10.8. The van der Waals surface area contributed by atoms with Gasteiger partial charge < -0.3 is 5.32 Å². The maximum atomic E-state index is 13.4. The maximum absolute atomic E-state index is 13.4. The molecule has 0 radical (unpaired) electrons. The summed E-state index contributed by atoms with van der Waals surface area (Å²) < 4.78 is 13.4. The molecule has 15 heavy (non-hydrogen) atoms. The zero-order valence-corrected chi connectivity index (χ0v) is 9.57. The average molecular weight is 228 g/mol. The van der Waals surface area contributed by atoms with Crippen LogP contribution in [0.25, 0.3) is 0 Å². The van der Waals surface area contributed by atoms with Crippen molar-refractivity contribution in [3.05, 3.63) is 34.1 Å². The molecule has 0 aliphatic carbocycles. The van der Waals surface area contributed by atoms with Gasteiger partial charge in [-0.15, -0.1) is 0 Å². The van der Waals surface area contributed by atoms with Crippen molar-refractivity contribution >= 4 is 11.6 Å². The number of nitrogens with one attached hydrogen (secondary N) is 1. The van der Waals surface area contributed by atoms with Gasteiger partial charge in [-0.25, -0.2) is 4.39 Å². The molecule has 1 unspecified atom stereocenters. The smallest absolute Gasteiger partial charge is 0.142 e. The molecule has 1 aliphatic rings. The van der Waals surface area contributed by atoms with Crippen LogP contribution in [-0.4, -0.2) is 6.54 Å². The van der Waals surface area contributed by atoms with E-state index in [4.69, 9.17) is 11.6 Å². The SMILES string of the molecule is Cc1cc(Cl)c(F)cc1C1CCCCN1. The van der Waals surface area contributed by atoms with Crippen molar-refractivity contribution in [3.63, 3.8) is 0 Å². The molecular weight excluding hydrogens is 213 g/mol. The molecule has 2 rings (SSSR count). The molecule has 1 aliphatic heterocycles. The van der Waals surface area contributed by atoms with E-state index in [-0.39, 0.29) is 10.8 Å². The summed E-state index contributed by atoms with van der Waals surface area (Å²) in [5, 5.41) is 3.63. The van der Waals surface area contributed by atoms with E-state index in [0.29, 0.717) is 6.04 Å². The molecule has 1 nitrogen and oxygen atoms in total. The Balaban J connectivity index is 2.30. The van der Waals surface area contributed by atoms with Gasteiger partial charge in [0.1, 0.15) is 5.82 Å². The van der Waals surface area contributed by atoms with Crippen LogP contribution >= 0.6 is 11.6 Å². The van der Waals surface area contributed by atoms with Crippen LogP contribution in [0.5, 0.6) is 0 Å². The first-order valence-corrected chi connectivity index (χ1v) is 5.75. The molecule has 0 bridgehead atoms. The molecule has 0 saturated carbocycles. The highest BCUT2D eigenvalue weighted by Crippen LogP contribution is 2.28. The predicted molar refractivity (Wildman–Crippen MR) is 60.7 cm³/mol. The van der Waals surface area contributed by atoms with Gasteiger partial charge in [0.2, 0.25) is 0 Å². The van der Waals surface area contributed by atoms with Crippen molar-refractivity contribution in [1.82, 2.24) is 5.32 Å². The standard InChI is InChI=1S/C12H15ClFN/c1-8-6-10(13)11(14)7-9(8)12-4-2-3-5-15-12/h6-7,12,15H,2-5H2,1H3. The van der Waals surface area contributed by atoms with Gasteiger partial charge in [0.05, 0.1) is 5.02 Å². The topological polar surface area (TPSA) is 12.0 Å². The van der Waals surface area contributed by atoms with Gasteiger partial charge in [0, 0.05) is 6.04 Å². The molecule has 1 atom stereocenters. The third kappa shape index (κ3) is 2.32. The minimum atomic E-state index is -0.315. The Morgan fingerprint density at radius 2 is 2.20 bits per heavy atom. The molecule has 82 valence electrons. The first-order chi connectivity index (χ1) is 7.18. The van der Waals surface area contributed by atoms with Crippen molar-refractivity contribution < 1.29 is 4.39 Å². The Kier molecular flexibility index (Phi) is 3.27. The maximum Gasteiger partial charge on any atom is 0.142 e. The second-order valence-corrected chi connectivity index (χ2v) is 4.53. The minimum absolute atomic E-state index is 0.215. The van der Waals surface area contributed by atoms with E-state index in [1.165, 1.54) is 12.8 Å². The third-order valence-corrected chi connectivity index (χ3v) is 3.28. The van der Waals surface area contributed by atoms with E-state index < -0.39 is 0 Å².